The molecule has 0 aromatic heterocycles. The van der Waals surface area contributed by atoms with Gasteiger partial charge in [-0.3, -0.25) is 4.79 Å². The Hall–Kier alpha value is -1.71. The van der Waals surface area contributed by atoms with Crippen molar-refractivity contribution in [2.24, 2.45) is 0 Å². The molecule has 4 heteroatoms. The SMILES string of the molecule is CC(=O)NCc1cc(O)ccc1O. The first-order chi connectivity index (χ1) is 6.09. The lowest BCUT2D eigenvalue weighted by molar-refractivity contribution is -0.119. The third-order valence-corrected chi connectivity index (χ3v) is 1.59. The van der Waals surface area contributed by atoms with E-state index in [1.165, 1.54) is 25.1 Å². The lowest BCUT2D eigenvalue weighted by atomic mass is 10.2. The molecule has 13 heavy (non-hydrogen) atoms. The minimum absolute atomic E-state index is 0.0616. The zero-order valence-corrected chi connectivity index (χ0v) is 7.24. The topological polar surface area (TPSA) is 69.6 Å². The summed E-state index contributed by atoms with van der Waals surface area (Å²) >= 11 is 0. The number of phenols is 2. The molecule has 0 aliphatic rings. The van der Waals surface area contributed by atoms with Crippen molar-refractivity contribution in [2.45, 2.75) is 13.5 Å². The number of carbonyl (C=O) groups excluding carboxylic acids is 1. The van der Waals surface area contributed by atoms with Crippen LogP contribution in [0.3, 0.4) is 0 Å². The first kappa shape index (κ1) is 9.38. The number of aromatic hydroxyl groups is 2. The Morgan fingerprint density at radius 3 is 2.77 bits per heavy atom. The largest absolute Gasteiger partial charge is 0.508 e. The van der Waals surface area contributed by atoms with Crippen LogP contribution in [0.5, 0.6) is 11.5 Å². The highest BCUT2D eigenvalue weighted by Gasteiger charge is 2.02. The lowest BCUT2D eigenvalue weighted by Crippen LogP contribution is -2.18. The van der Waals surface area contributed by atoms with Crippen molar-refractivity contribution in [3.8, 4) is 11.5 Å². The van der Waals surface area contributed by atoms with Gasteiger partial charge in [0, 0.05) is 19.0 Å². The molecule has 70 valence electrons. The summed E-state index contributed by atoms with van der Waals surface area (Å²) in [6, 6.07) is 4.17. The molecule has 0 fully saturated rings. The fraction of sp³-hybridized carbons (Fsp3) is 0.222. The van der Waals surface area contributed by atoms with Gasteiger partial charge in [0.1, 0.15) is 11.5 Å². The van der Waals surface area contributed by atoms with Gasteiger partial charge in [0.05, 0.1) is 0 Å². The van der Waals surface area contributed by atoms with E-state index < -0.39 is 0 Å². The minimum atomic E-state index is -0.178. The van der Waals surface area contributed by atoms with Gasteiger partial charge in [0.25, 0.3) is 0 Å². The monoisotopic (exact) mass is 181 g/mol. The molecule has 1 rings (SSSR count). The molecule has 0 aliphatic carbocycles. The van der Waals surface area contributed by atoms with E-state index in [1.54, 1.807) is 0 Å². The molecule has 1 amide bonds. The molecule has 0 bridgehead atoms. The smallest absolute Gasteiger partial charge is 0.217 e. The van der Waals surface area contributed by atoms with Crippen LogP contribution in [-0.2, 0) is 11.3 Å². The summed E-state index contributed by atoms with van der Waals surface area (Å²) in [5, 5.41) is 20.9. The fourth-order valence-electron chi connectivity index (χ4n) is 0.933. The highest BCUT2D eigenvalue weighted by atomic mass is 16.3. The minimum Gasteiger partial charge on any atom is -0.508 e. The molecule has 0 unspecified atom stereocenters. The van der Waals surface area contributed by atoms with Gasteiger partial charge in [-0.2, -0.15) is 0 Å². The number of benzene rings is 1. The average Bonchev–Trinajstić information content (AvgIpc) is 2.06. The van der Waals surface area contributed by atoms with Gasteiger partial charge < -0.3 is 15.5 Å². The second-order valence-electron chi connectivity index (χ2n) is 2.72. The molecular formula is C9H11NO3. The molecule has 0 atom stereocenters. The normalized spacial score (nSPS) is 9.62. The second-order valence-corrected chi connectivity index (χ2v) is 2.72. The number of hydrogen-bond acceptors (Lipinski definition) is 3. The van der Waals surface area contributed by atoms with Crippen LogP contribution in [-0.4, -0.2) is 16.1 Å². The number of nitrogens with one attached hydrogen (secondary N) is 1. The van der Waals surface area contributed by atoms with E-state index in [4.69, 9.17) is 5.11 Å². The van der Waals surface area contributed by atoms with E-state index in [9.17, 15) is 9.90 Å². The van der Waals surface area contributed by atoms with Crippen LogP contribution in [0.25, 0.3) is 0 Å². The predicted molar refractivity (Wildman–Crippen MR) is 47.3 cm³/mol. The molecule has 1 aromatic carbocycles. The Morgan fingerprint density at radius 2 is 2.15 bits per heavy atom. The van der Waals surface area contributed by atoms with E-state index in [-0.39, 0.29) is 24.0 Å². The van der Waals surface area contributed by atoms with Crippen molar-refractivity contribution in [3.63, 3.8) is 0 Å². The molecule has 4 nitrogen and oxygen atoms in total. The first-order valence-electron chi connectivity index (χ1n) is 3.85. The van der Waals surface area contributed by atoms with E-state index in [1.807, 2.05) is 0 Å². The molecule has 0 saturated carbocycles. The van der Waals surface area contributed by atoms with E-state index >= 15 is 0 Å². The quantitative estimate of drug-likeness (QED) is 0.589. The molecule has 0 aliphatic heterocycles. The van der Waals surface area contributed by atoms with Crippen molar-refractivity contribution < 1.29 is 15.0 Å². The van der Waals surface area contributed by atoms with Crippen molar-refractivity contribution >= 4 is 5.91 Å². The van der Waals surface area contributed by atoms with Crippen LogP contribution in [0.2, 0.25) is 0 Å². The average molecular weight is 181 g/mol. The summed E-state index contributed by atoms with van der Waals surface area (Å²) in [7, 11) is 0. The molecule has 0 spiro atoms. The number of carbonyl (C=O) groups is 1. The summed E-state index contributed by atoms with van der Waals surface area (Å²) < 4.78 is 0. The van der Waals surface area contributed by atoms with Gasteiger partial charge >= 0.3 is 0 Å². The van der Waals surface area contributed by atoms with Crippen LogP contribution in [0, 0.1) is 0 Å². The van der Waals surface area contributed by atoms with Crippen molar-refractivity contribution in [2.75, 3.05) is 0 Å². The van der Waals surface area contributed by atoms with E-state index in [0.29, 0.717) is 5.56 Å². The second kappa shape index (κ2) is 3.80. The summed E-state index contributed by atoms with van der Waals surface area (Å²) in [6.07, 6.45) is 0. The van der Waals surface area contributed by atoms with Crippen LogP contribution in [0.4, 0.5) is 0 Å². The summed E-state index contributed by atoms with van der Waals surface area (Å²) in [5.41, 5.74) is 0.496. The number of phenolic OH excluding ortho intramolecular Hbond substituents is 2. The maximum atomic E-state index is 10.6. The molecule has 0 saturated heterocycles. The standard InChI is InChI=1S/C9H11NO3/c1-6(11)10-5-7-4-8(12)2-3-9(7)13/h2-4,12-13H,5H2,1H3,(H,10,11). The number of rotatable bonds is 2. The zero-order valence-electron chi connectivity index (χ0n) is 7.24. The summed E-state index contributed by atoms with van der Waals surface area (Å²) in [6.45, 7) is 1.61. The van der Waals surface area contributed by atoms with Crippen molar-refractivity contribution in [3.05, 3.63) is 23.8 Å². The Balaban J connectivity index is 2.75. The van der Waals surface area contributed by atoms with Gasteiger partial charge in [0.2, 0.25) is 5.91 Å². The zero-order chi connectivity index (χ0) is 9.84. The molecular weight excluding hydrogens is 170 g/mol. The highest BCUT2D eigenvalue weighted by molar-refractivity contribution is 5.72. The van der Waals surface area contributed by atoms with Crippen LogP contribution in [0.1, 0.15) is 12.5 Å². The maximum Gasteiger partial charge on any atom is 0.217 e. The molecule has 0 radical (unpaired) electrons. The Labute approximate surface area is 75.8 Å². The van der Waals surface area contributed by atoms with Gasteiger partial charge in [-0.1, -0.05) is 0 Å². The van der Waals surface area contributed by atoms with Crippen molar-refractivity contribution in [1.82, 2.24) is 5.32 Å². The third-order valence-electron chi connectivity index (χ3n) is 1.59. The number of hydrogen-bond donors (Lipinski definition) is 3. The van der Waals surface area contributed by atoms with Gasteiger partial charge in [-0.15, -0.1) is 0 Å². The Kier molecular flexibility index (Phi) is 2.74. The first-order valence-corrected chi connectivity index (χ1v) is 3.85. The molecule has 3 N–H and O–H groups in total. The van der Waals surface area contributed by atoms with Crippen LogP contribution >= 0.6 is 0 Å². The maximum absolute atomic E-state index is 10.6. The fourth-order valence-corrected chi connectivity index (χ4v) is 0.933. The Bertz CT molecular complexity index is 323. The molecule has 0 heterocycles. The van der Waals surface area contributed by atoms with Crippen LogP contribution < -0.4 is 5.32 Å². The summed E-state index contributed by atoms with van der Waals surface area (Å²) in [4.78, 5) is 10.6. The van der Waals surface area contributed by atoms with Gasteiger partial charge in [-0.05, 0) is 18.2 Å². The van der Waals surface area contributed by atoms with Gasteiger partial charge in [0.15, 0.2) is 0 Å². The number of amides is 1. The van der Waals surface area contributed by atoms with Gasteiger partial charge in [-0.25, -0.2) is 0 Å². The predicted octanol–water partition coefficient (Wildman–Crippen LogP) is 0.734. The van der Waals surface area contributed by atoms with Crippen LogP contribution in [0.15, 0.2) is 18.2 Å². The molecule has 1 aromatic rings. The Morgan fingerprint density at radius 1 is 1.46 bits per heavy atom. The highest BCUT2D eigenvalue weighted by Crippen LogP contribution is 2.21. The van der Waals surface area contributed by atoms with Crippen molar-refractivity contribution in [1.29, 1.82) is 0 Å². The summed E-state index contributed by atoms with van der Waals surface area (Å²) in [5.74, 6) is -0.0487. The third kappa shape index (κ3) is 2.66. The van der Waals surface area contributed by atoms with E-state index in [2.05, 4.69) is 5.32 Å². The van der Waals surface area contributed by atoms with E-state index in [0.717, 1.165) is 0 Å². The lowest BCUT2D eigenvalue weighted by Gasteiger charge is -2.05.